The van der Waals surface area contributed by atoms with Gasteiger partial charge in [-0.25, -0.2) is 0 Å². The summed E-state index contributed by atoms with van der Waals surface area (Å²) in [5.41, 5.74) is 0.103. The van der Waals surface area contributed by atoms with Crippen molar-refractivity contribution in [2.75, 3.05) is 13.1 Å². The Hall–Kier alpha value is -0.370. The molecule has 0 aromatic heterocycles. The zero-order valence-corrected chi connectivity index (χ0v) is 13.2. The highest BCUT2D eigenvalue weighted by atomic mass is 16.1. The summed E-state index contributed by atoms with van der Waals surface area (Å²) in [4.78, 5) is 14.8. The molecule has 1 aliphatic carbocycles. The van der Waals surface area contributed by atoms with Crippen molar-refractivity contribution in [1.29, 1.82) is 0 Å². The fourth-order valence-corrected chi connectivity index (χ4v) is 3.60. The third-order valence-corrected chi connectivity index (χ3v) is 4.58. The van der Waals surface area contributed by atoms with Crippen LogP contribution in [0.2, 0.25) is 0 Å². The molecule has 1 rings (SSSR count). The standard InChI is InChI=1S/C16H31NO/c1-7-9-10-17(8-2)13-11-14(18)16(5,6)12-15(13,3)4/h13H,7-12H2,1-6H3. The molecule has 1 saturated carbocycles. The molecule has 2 nitrogen and oxygen atoms in total. The van der Waals surface area contributed by atoms with Gasteiger partial charge >= 0.3 is 0 Å². The zero-order valence-electron chi connectivity index (χ0n) is 13.2. The van der Waals surface area contributed by atoms with Crippen molar-refractivity contribution in [3.63, 3.8) is 0 Å². The van der Waals surface area contributed by atoms with Crippen molar-refractivity contribution >= 4 is 5.78 Å². The molecule has 0 aromatic rings. The van der Waals surface area contributed by atoms with Gasteiger partial charge in [-0.05, 0) is 31.3 Å². The Balaban J connectivity index is 2.83. The number of unbranched alkanes of at least 4 members (excludes halogenated alkanes) is 1. The Bertz CT molecular complexity index is 293. The van der Waals surface area contributed by atoms with Crippen LogP contribution >= 0.6 is 0 Å². The van der Waals surface area contributed by atoms with E-state index >= 15 is 0 Å². The Morgan fingerprint density at radius 1 is 1.22 bits per heavy atom. The van der Waals surface area contributed by atoms with Crippen LogP contribution in [-0.2, 0) is 4.79 Å². The van der Waals surface area contributed by atoms with Gasteiger partial charge in [-0.3, -0.25) is 9.69 Å². The van der Waals surface area contributed by atoms with Gasteiger partial charge in [0.2, 0.25) is 0 Å². The van der Waals surface area contributed by atoms with Gasteiger partial charge in [-0.1, -0.05) is 48.0 Å². The van der Waals surface area contributed by atoms with Crippen molar-refractivity contribution in [3.05, 3.63) is 0 Å². The Labute approximate surface area is 113 Å². The SMILES string of the molecule is CCCCN(CC)C1CC(=O)C(C)(C)CC1(C)C. The molecule has 0 spiro atoms. The third kappa shape index (κ3) is 3.34. The summed E-state index contributed by atoms with van der Waals surface area (Å²) in [6.07, 6.45) is 4.20. The lowest BCUT2D eigenvalue weighted by molar-refractivity contribution is -0.137. The first-order valence-electron chi connectivity index (χ1n) is 7.52. The van der Waals surface area contributed by atoms with Crippen LogP contribution in [0.1, 0.15) is 67.2 Å². The Morgan fingerprint density at radius 3 is 2.33 bits per heavy atom. The molecule has 0 aromatic carbocycles. The van der Waals surface area contributed by atoms with Crippen molar-refractivity contribution in [2.24, 2.45) is 10.8 Å². The zero-order chi connectivity index (χ0) is 14.0. The number of ketones is 1. The molecule has 2 heteroatoms. The first-order chi connectivity index (χ1) is 8.24. The van der Waals surface area contributed by atoms with Crippen LogP contribution in [0.15, 0.2) is 0 Å². The van der Waals surface area contributed by atoms with Crippen LogP contribution in [0.25, 0.3) is 0 Å². The van der Waals surface area contributed by atoms with Gasteiger partial charge in [-0.15, -0.1) is 0 Å². The van der Waals surface area contributed by atoms with Gasteiger partial charge in [-0.2, -0.15) is 0 Å². The monoisotopic (exact) mass is 253 g/mol. The minimum atomic E-state index is -0.135. The summed E-state index contributed by atoms with van der Waals surface area (Å²) in [7, 11) is 0. The molecular formula is C16H31NO. The van der Waals surface area contributed by atoms with E-state index in [0.717, 1.165) is 25.9 Å². The highest BCUT2D eigenvalue weighted by Gasteiger charge is 2.47. The number of Topliss-reactive ketones (excluding diaryl/α,β-unsaturated/α-hetero) is 1. The topological polar surface area (TPSA) is 20.3 Å². The number of nitrogens with zero attached hydrogens (tertiary/aromatic N) is 1. The summed E-state index contributed by atoms with van der Waals surface area (Å²) >= 11 is 0. The summed E-state index contributed by atoms with van der Waals surface area (Å²) in [5, 5.41) is 0. The number of carbonyl (C=O) groups excluding carboxylic acids is 1. The molecule has 0 amide bonds. The molecule has 106 valence electrons. The van der Waals surface area contributed by atoms with Crippen molar-refractivity contribution in [1.82, 2.24) is 4.90 Å². The molecule has 0 N–H and O–H groups in total. The smallest absolute Gasteiger partial charge is 0.140 e. The minimum Gasteiger partial charge on any atom is -0.300 e. The number of hydrogen-bond donors (Lipinski definition) is 0. The molecule has 1 atom stereocenters. The number of carbonyl (C=O) groups is 1. The van der Waals surface area contributed by atoms with Gasteiger partial charge in [0.1, 0.15) is 5.78 Å². The van der Waals surface area contributed by atoms with E-state index in [1.807, 2.05) is 0 Å². The number of hydrogen-bond acceptors (Lipinski definition) is 2. The lowest BCUT2D eigenvalue weighted by atomic mass is 9.61. The minimum absolute atomic E-state index is 0.135. The van der Waals surface area contributed by atoms with Gasteiger partial charge in [0.25, 0.3) is 0 Å². The van der Waals surface area contributed by atoms with Crippen molar-refractivity contribution in [3.8, 4) is 0 Å². The van der Waals surface area contributed by atoms with Gasteiger partial charge in [0, 0.05) is 17.9 Å². The third-order valence-electron chi connectivity index (χ3n) is 4.58. The van der Waals surface area contributed by atoms with E-state index in [-0.39, 0.29) is 10.8 Å². The lowest BCUT2D eigenvalue weighted by Crippen LogP contribution is -2.54. The fraction of sp³-hybridized carbons (Fsp3) is 0.938. The highest BCUT2D eigenvalue weighted by Crippen LogP contribution is 2.45. The maximum atomic E-state index is 12.3. The summed E-state index contributed by atoms with van der Waals surface area (Å²) in [6, 6.07) is 0.426. The van der Waals surface area contributed by atoms with E-state index in [2.05, 4.69) is 46.4 Å². The molecule has 1 aliphatic rings. The van der Waals surface area contributed by atoms with Crippen LogP contribution in [0.3, 0.4) is 0 Å². The second-order valence-electron chi connectivity index (χ2n) is 7.17. The highest BCUT2D eigenvalue weighted by molar-refractivity contribution is 5.85. The molecule has 0 aliphatic heterocycles. The maximum absolute atomic E-state index is 12.3. The first-order valence-corrected chi connectivity index (χ1v) is 7.52. The summed E-state index contributed by atoms with van der Waals surface area (Å²) in [5.74, 6) is 0.446. The molecule has 0 heterocycles. The molecule has 18 heavy (non-hydrogen) atoms. The fourth-order valence-electron chi connectivity index (χ4n) is 3.60. The predicted octanol–water partition coefficient (Wildman–Crippen LogP) is 3.89. The van der Waals surface area contributed by atoms with Crippen LogP contribution in [0, 0.1) is 10.8 Å². The average Bonchev–Trinajstić information content (AvgIpc) is 2.25. The Kier molecular flexibility index (Phi) is 4.99. The van der Waals surface area contributed by atoms with Gasteiger partial charge in [0.05, 0.1) is 0 Å². The molecular weight excluding hydrogens is 222 g/mol. The molecule has 0 bridgehead atoms. The largest absolute Gasteiger partial charge is 0.300 e. The van der Waals surface area contributed by atoms with E-state index in [4.69, 9.17) is 0 Å². The van der Waals surface area contributed by atoms with Gasteiger partial charge < -0.3 is 0 Å². The molecule has 0 radical (unpaired) electrons. The normalized spacial score (nSPS) is 26.6. The number of rotatable bonds is 5. The summed E-state index contributed by atoms with van der Waals surface area (Å²) in [6.45, 7) is 15.5. The van der Waals surface area contributed by atoms with Crippen LogP contribution < -0.4 is 0 Å². The van der Waals surface area contributed by atoms with E-state index < -0.39 is 0 Å². The second kappa shape index (κ2) is 5.73. The average molecular weight is 253 g/mol. The van der Waals surface area contributed by atoms with Crippen LogP contribution in [0.5, 0.6) is 0 Å². The van der Waals surface area contributed by atoms with E-state index in [0.29, 0.717) is 11.8 Å². The molecule has 1 unspecified atom stereocenters. The van der Waals surface area contributed by atoms with Crippen LogP contribution in [0.4, 0.5) is 0 Å². The summed E-state index contributed by atoms with van der Waals surface area (Å²) < 4.78 is 0. The molecule has 0 saturated heterocycles. The van der Waals surface area contributed by atoms with Crippen LogP contribution in [-0.4, -0.2) is 29.8 Å². The quantitative estimate of drug-likeness (QED) is 0.741. The predicted molar refractivity (Wildman–Crippen MR) is 77.7 cm³/mol. The lowest BCUT2D eigenvalue weighted by Gasteiger charge is -2.49. The van der Waals surface area contributed by atoms with Crippen molar-refractivity contribution in [2.45, 2.75) is 73.3 Å². The van der Waals surface area contributed by atoms with E-state index in [9.17, 15) is 4.79 Å². The first kappa shape index (κ1) is 15.7. The Morgan fingerprint density at radius 2 is 1.83 bits per heavy atom. The second-order valence-corrected chi connectivity index (χ2v) is 7.17. The van der Waals surface area contributed by atoms with E-state index in [1.165, 1.54) is 12.8 Å². The van der Waals surface area contributed by atoms with E-state index in [1.54, 1.807) is 0 Å². The molecule has 1 fully saturated rings. The maximum Gasteiger partial charge on any atom is 0.140 e. The van der Waals surface area contributed by atoms with Gasteiger partial charge in [0.15, 0.2) is 0 Å². The van der Waals surface area contributed by atoms with Crippen molar-refractivity contribution < 1.29 is 4.79 Å².